The van der Waals surface area contributed by atoms with Gasteiger partial charge in [-0.15, -0.1) is 0 Å². The van der Waals surface area contributed by atoms with E-state index in [1.165, 1.54) is 16.7 Å². The minimum atomic E-state index is -0.000463. The van der Waals surface area contributed by atoms with Gasteiger partial charge in [0.15, 0.2) is 5.78 Å². The molecule has 0 saturated heterocycles. The van der Waals surface area contributed by atoms with Gasteiger partial charge in [-0.2, -0.15) is 0 Å². The molecule has 0 N–H and O–H groups in total. The third kappa shape index (κ3) is 7.64. The van der Waals surface area contributed by atoms with Gasteiger partial charge in [0.25, 0.3) is 0 Å². The summed E-state index contributed by atoms with van der Waals surface area (Å²) in [5.74, 6) is 0.359. The van der Waals surface area contributed by atoms with Crippen molar-refractivity contribution < 1.29 is 9.59 Å². The number of hydrogen-bond donors (Lipinski definition) is 0. The Morgan fingerprint density at radius 3 is 1.71 bits per heavy atom. The van der Waals surface area contributed by atoms with Crippen LogP contribution in [0.2, 0.25) is 0 Å². The lowest BCUT2D eigenvalue weighted by Crippen LogP contribution is -2.23. The first-order valence-electron chi connectivity index (χ1n) is 9.90. The molecule has 2 heteroatoms. The summed E-state index contributed by atoms with van der Waals surface area (Å²) in [7, 11) is 0. The Labute approximate surface area is 170 Å². The van der Waals surface area contributed by atoms with E-state index in [1.807, 2.05) is 38.1 Å². The molecule has 0 unspecified atom stereocenters. The number of benzene rings is 2. The van der Waals surface area contributed by atoms with Crippen LogP contribution in [0.5, 0.6) is 0 Å². The fourth-order valence-corrected chi connectivity index (χ4v) is 3.14. The van der Waals surface area contributed by atoms with Gasteiger partial charge in [0.2, 0.25) is 0 Å². The predicted molar refractivity (Wildman–Crippen MR) is 120 cm³/mol. The predicted octanol–water partition coefficient (Wildman–Crippen LogP) is 6.63. The van der Waals surface area contributed by atoms with E-state index in [0.29, 0.717) is 6.42 Å². The van der Waals surface area contributed by atoms with Gasteiger partial charge in [0.1, 0.15) is 5.78 Å². The maximum Gasteiger partial charge on any atom is 0.152 e. The van der Waals surface area contributed by atoms with E-state index in [9.17, 15) is 9.59 Å². The van der Waals surface area contributed by atoms with E-state index >= 15 is 0 Å². The molecular weight excluding hydrogens is 344 g/mol. The van der Waals surface area contributed by atoms with Crippen molar-refractivity contribution in [3.8, 4) is 0 Å². The van der Waals surface area contributed by atoms with Gasteiger partial charge in [-0.05, 0) is 69.2 Å². The van der Waals surface area contributed by atoms with E-state index in [-0.39, 0.29) is 17.0 Å². The number of rotatable bonds is 6. The van der Waals surface area contributed by atoms with Gasteiger partial charge in [-0.3, -0.25) is 9.59 Å². The average molecular weight is 379 g/mol. The quantitative estimate of drug-likeness (QED) is 0.529. The van der Waals surface area contributed by atoms with Crippen LogP contribution in [0, 0.1) is 13.8 Å². The van der Waals surface area contributed by atoms with E-state index in [2.05, 4.69) is 45.0 Å². The number of allylic oxidation sites excluding steroid dienone is 2. The fourth-order valence-electron chi connectivity index (χ4n) is 3.14. The molecule has 0 bridgehead atoms. The Balaban J connectivity index is 0.000000283. The fraction of sp³-hybridized carbons (Fsp3) is 0.385. The van der Waals surface area contributed by atoms with Crippen LogP contribution in [0.15, 0.2) is 54.6 Å². The third-order valence-electron chi connectivity index (χ3n) is 5.09. The Morgan fingerprint density at radius 2 is 1.32 bits per heavy atom. The topological polar surface area (TPSA) is 34.1 Å². The lowest BCUT2D eigenvalue weighted by atomic mass is 9.76. The molecule has 2 rings (SSSR count). The summed E-state index contributed by atoms with van der Waals surface area (Å²) < 4.78 is 0. The summed E-state index contributed by atoms with van der Waals surface area (Å²) in [6.45, 7) is 13.6. The van der Waals surface area contributed by atoms with Crippen LogP contribution in [0.25, 0.3) is 5.57 Å². The second kappa shape index (κ2) is 10.8. The van der Waals surface area contributed by atoms with Crippen molar-refractivity contribution in [2.24, 2.45) is 0 Å². The number of carbonyl (C=O) groups is 2. The number of carbonyl (C=O) groups excluding carboxylic acids is 2. The molecule has 2 aromatic rings. The smallest absolute Gasteiger partial charge is 0.152 e. The Kier molecular flexibility index (Phi) is 9.05. The lowest BCUT2D eigenvalue weighted by Gasteiger charge is -2.27. The van der Waals surface area contributed by atoms with Gasteiger partial charge in [-0.1, -0.05) is 73.5 Å². The molecule has 2 aromatic carbocycles. The molecule has 0 aliphatic rings. The largest absolute Gasteiger partial charge is 0.300 e. The standard InChI is InChI=1S/C14H20O.C12H14O/c1-5-14(4,10-12(3)15)13-8-6-11(2)7-9-13;1-9-4-6-12(7-5-9)10(2)8-11(3)13/h6-9H,5,10H2,1-4H3;4-8H,1-3H3/b;10-8+/t14-;/m0./s1. The first-order valence-corrected chi connectivity index (χ1v) is 9.90. The van der Waals surface area contributed by atoms with Crippen molar-refractivity contribution in [1.29, 1.82) is 0 Å². The van der Waals surface area contributed by atoms with Crippen molar-refractivity contribution in [2.45, 2.75) is 66.7 Å². The summed E-state index contributed by atoms with van der Waals surface area (Å²) in [6, 6.07) is 16.7. The van der Waals surface area contributed by atoms with Crippen LogP contribution < -0.4 is 0 Å². The molecule has 0 radical (unpaired) electrons. The summed E-state index contributed by atoms with van der Waals surface area (Å²) in [5.41, 5.74) is 5.90. The summed E-state index contributed by atoms with van der Waals surface area (Å²) in [6.07, 6.45) is 3.28. The molecule has 2 nitrogen and oxygen atoms in total. The average Bonchev–Trinajstić information content (AvgIpc) is 2.62. The van der Waals surface area contributed by atoms with Gasteiger partial charge >= 0.3 is 0 Å². The molecule has 0 aromatic heterocycles. The van der Waals surface area contributed by atoms with Gasteiger partial charge in [0.05, 0.1) is 0 Å². The molecule has 0 amide bonds. The third-order valence-corrected chi connectivity index (χ3v) is 5.09. The van der Waals surface area contributed by atoms with Gasteiger partial charge in [0, 0.05) is 6.42 Å². The van der Waals surface area contributed by atoms with Gasteiger partial charge in [-0.25, -0.2) is 0 Å². The van der Waals surface area contributed by atoms with Crippen LogP contribution in [0.4, 0.5) is 0 Å². The second-order valence-corrected chi connectivity index (χ2v) is 7.96. The summed E-state index contributed by atoms with van der Waals surface area (Å²) >= 11 is 0. The highest BCUT2D eigenvalue weighted by molar-refractivity contribution is 5.94. The van der Waals surface area contributed by atoms with Crippen molar-refractivity contribution in [2.75, 3.05) is 0 Å². The minimum absolute atomic E-state index is 0.000463. The monoisotopic (exact) mass is 378 g/mol. The number of ketones is 2. The molecule has 150 valence electrons. The van der Waals surface area contributed by atoms with E-state index in [0.717, 1.165) is 17.6 Å². The highest BCUT2D eigenvalue weighted by Crippen LogP contribution is 2.31. The Bertz CT molecular complexity index is 811. The van der Waals surface area contributed by atoms with Crippen LogP contribution in [-0.4, -0.2) is 11.6 Å². The highest BCUT2D eigenvalue weighted by atomic mass is 16.1. The second-order valence-electron chi connectivity index (χ2n) is 7.96. The lowest BCUT2D eigenvalue weighted by molar-refractivity contribution is -0.118. The molecule has 0 spiro atoms. The molecule has 0 heterocycles. The summed E-state index contributed by atoms with van der Waals surface area (Å²) in [5, 5.41) is 0. The molecule has 1 atom stereocenters. The maximum absolute atomic E-state index is 11.3. The number of hydrogen-bond acceptors (Lipinski definition) is 2. The molecule has 28 heavy (non-hydrogen) atoms. The molecule has 0 fully saturated rings. The maximum atomic E-state index is 11.3. The summed E-state index contributed by atoms with van der Waals surface area (Å²) in [4.78, 5) is 22.1. The minimum Gasteiger partial charge on any atom is -0.300 e. The van der Waals surface area contributed by atoms with E-state index in [4.69, 9.17) is 0 Å². The number of Topliss-reactive ketones (excluding diaryl/α,β-unsaturated/α-hetero) is 1. The van der Waals surface area contributed by atoms with Crippen LogP contribution in [0.1, 0.15) is 69.7 Å². The van der Waals surface area contributed by atoms with Gasteiger partial charge < -0.3 is 0 Å². The van der Waals surface area contributed by atoms with Crippen molar-refractivity contribution in [1.82, 2.24) is 0 Å². The van der Waals surface area contributed by atoms with Crippen LogP contribution in [0.3, 0.4) is 0 Å². The Hall–Kier alpha value is -2.48. The van der Waals surface area contributed by atoms with Crippen LogP contribution in [-0.2, 0) is 15.0 Å². The van der Waals surface area contributed by atoms with Crippen molar-refractivity contribution in [3.05, 3.63) is 76.9 Å². The number of aryl methyl sites for hydroxylation is 2. The van der Waals surface area contributed by atoms with Crippen LogP contribution >= 0.6 is 0 Å². The molecule has 0 aliphatic heterocycles. The normalized spacial score (nSPS) is 13.2. The first kappa shape index (κ1) is 23.6. The van der Waals surface area contributed by atoms with E-state index < -0.39 is 0 Å². The van der Waals surface area contributed by atoms with Crippen molar-refractivity contribution >= 4 is 17.1 Å². The zero-order valence-corrected chi connectivity index (χ0v) is 18.4. The zero-order valence-electron chi connectivity index (χ0n) is 18.4. The SMILES string of the molecule is CC(=O)/C=C(\C)c1ccc(C)cc1.CC[C@@](C)(CC(C)=O)c1ccc(C)cc1. The Morgan fingerprint density at radius 1 is 0.857 bits per heavy atom. The first-order chi connectivity index (χ1) is 13.1. The molecule has 0 aliphatic carbocycles. The van der Waals surface area contributed by atoms with E-state index in [1.54, 1.807) is 19.9 Å². The highest BCUT2D eigenvalue weighted by Gasteiger charge is 2.25. The molecular formula is C26H34O2. The zero-order chi connectivity index (χ0) is 21.3. The van der Waals surface area contributed by atoms with Crippen molar-refractivity contribution in [3.63, 3.8) is 0 Å². The molecule has 0 saturated carbocycles.